The lowest BCUT2D eigenvalue weighted by Crippen LogP contribution is -2.46. The van der Waals surface area contributed by atoms with Crippen LogP contribution in [0.1, 0.15) is 39.5 Å². The van der Waals surface area contributed by atoms with E-state index in [1.165, 1.54) is 0 Å². The van der Waals surface area contributed by atoms with Gasteiger partial charge in [0.2, 0.25) is 5.91 Å². The number of nitrogens with one attached hydrogen (secondary N) is 1. The van der Waals surface area contributed by atoms with Gasteiger partial charge >= 0.3 is 0 Å². The number of benzene rings is 1. The predicted molar refractivity (Wildman–Crippen MR) is 89.1 cm³/mol. The number of halogens is 1. The van der Waals surface area contributed by atoms with Crippen molar-refractivity contribution >= 4 is 40.4 Å². The molecule has 0 bridgehead atoms. The van der Waals surface area contributed by atoms with E-state index in [1.807, 2.05) is 13.8 Å². The lowest BCUT2D eigenvalue weighted by molar-refractivity contribution is -0.122. The fraction of sp³-hybridized carbons (Fsp3) is 0.467. The molecule has 0 radical (unpaired) electrons. The Hall–Kier alpha value is -1.13. The number of hydrogen-bond acceptors (Lipinski definition) is 2. The molecule has 1 rings (SSSR count). The average molecular weight is 313 g/mol. The number of nitrogens with two attached hydrogens (primary N) is 1. The highest BCUT2D eigenvalue weighted by atomic mass is 35.5. The highest BCUT2D eigenvalue weighted by Crippen LogP contribution is 2.32. The van der Waals surface area contributed by atoms with E-state index in [0.29, 0.717) is 23.6 Å². The summed E-state index contributed by atoms with van der Waals surface area (Å²) in [5.74, 6) is -0.129. The zero-order chi connectivity index (χ0) is 15.2. The molecule has 0 aliphatic heterocycles. The van der Waals surface area contributed by atoms with E-state index in [2.05, 4.69) is 5.32 Å². The second-order valence-electron chi connectivity index (χ2n) is 4.91. The molecule has 0 aliphatic rings. The van der Waals surface area contributed by atoms with Crippen molar-refractivity contribution in [1.82, 2.24) is 0 Å². The van der Waals surface area contributed by atoms with Crippen LogP contribution in [0.25, 0.3) is 0 Å². The van der Waals surface area contributed by atoms with E-state index in [-0.39, 0.29) is 10.9 Å². The Morgan fingerprint density at radius 3 is 2.15 bits per heavy atom. The maximum absolute atomic E-state index is 12.6. The smallest absolute Gasteiger partial charge is 0.237 e. The molecule has 0 aromatic heterocycles. The molecule has 3 N–H and O–H groups in total. The number of anilines is 1. The first-order valence-corrected chi connectivity index (χ1v) is 7.61. The van der Waals surface area contributed by atoms with Crippen molar-refractivity contribution in [3.8, 4) is 0 Å². The van der Waals surface area contributed by atoms with Gasteiger partial charge in [-0.25, -0.2) is 0 Å². The van der Waals surface area contributed by atoms with Gasteiger partial charge in [0.1, 0.15) is 0 Å². The van der Waals surface area contributed by atoms with Crippen molar-refractivity contribution in [2.75, 3.05) is 5.32 Å². The fourth-order valence-corrected chi connectivity index (χ4v) is 2.77. The van der Waals surface area contributed by atoms with Crippen LogP contribution >= 0.6 is 23.8 Å². The highest BCUT2D eigenvalue weighted by Gasteiger charge is 2.39. The third-order valence-corrected chi connectivity index (χ3v) is 4.00. The number of hydrogen-bond donors (Lipinski definition) is 2. The molecule has 0 fully saturated rings. The Morgan fingerprint density at radius 1 is 1.25 bits per heavy atom. The van der Waals surface area contributed by atoms with E-state index in [0.717, 1.165) is 12.8 Å². The van der Waals surface area contributed by atoms with Crippen LogP contribution in [0.2, 0.25) is 5.02 Å². The first-order valence-electron chi connectivity index (χ1n) is 6.83. The van der Waals surface area contributed by atoms with Crippen molar-refractivity contribution in [1.29, 1.82) is 0 Å². The van der Waals surface area contributed by atoms with E-state index in [9.17, 15) is 4.79 Å². The summed E-state index contributed by atoms with van der Waals surface area (Å²) in [6.07, 6.45) is 3.03. The molecule has 0 atom stereocenters. The Bertz CT molecular complexity index is 467. The monoisotopic (exact) mass is 312 g/mol. The zero-order valence-corrected chi connectivity index (χ0v) is 13.5. The molecule has 110 valence electrons. The van der Waals surface area contributed by atoms with Gasteiger partial charge in [0.25, 0.3) is 0 Å². The van der Waals surface area contributed by atoms with Crippen LogP contribution in [-0.2, 0) is 4.79 Å². The van der Waals surface area contributed by atoms with Crippen LogP contribution < -0.4 is 11.1 Å². The highest BCUT2D eigenvalue weighted by molar-refractivity contribution is 7.80. The summed E-state index contributed by atoms with van der Waals surface area (Å²) < 4.78 is 0. The van der Waals surface area contributed by atoms with Crippen LogP contribution in [0.15, 0.2) is 24.3 Å². The van der Waals surface area contributed by atoms with E-state index >= 15 is 0 Å². The van der Waals surface area contributed by atoms with Gasteiger partial charge in [-0.05, 0) is 37.1 Å². The minimum Gasteiger partial charge on any atom is -0.392 e. The quantitative estimate of drug-likeness (QED) is 0.744. The number of amides is 1. The second-order valence-corrected chi connectivity index (χ2v) is 5.78. The summed E-state index contributed by atoms with van der Waals surface area (Å²) in [7, 11) is 0. The van der Waals surface area contributed by atoms with Crippen LogP contribution in [0, 0.1) is 5.41 Å². The normalized spacial score (nSPS) is 11.2. The molecule has 1 aromatic rings. The number of carbonyl (C=O) groups is 1. The molecule has 5 heteroatoms. The summed E-state index contributed by atoms with van der Waals surface area (Å²) in [5, 5.41) is 3.53. The maximum atomic E-state index is 12.6. The molecular formula is C15H21ClN2OS. The van der Waals surface area contributed by atoms with E-state index in [4.69, 9.17) is 29.6 Å². The number of carbonyl (C=O) groups excluding carboxylic acids is 1. The number of thiocarbonyl (C=S) groups is 1. The molecular weight excluding hydrogens is 292 g/mol. The van der Waals surface area contributed by atoms with Crippen LogP contribution in [0.4, 0.5) is 5.69 Å². The molecule has 0 heterocycles. The topological polar surface area (TPSA) is 55.1 Å². The zero-order valence-electron chi connectivity index (χ0n) is 11.9. The van der Waals surface area contributed by atoms with Crippen molar-refractivity contribution < 1.29 is 4.79 Å². The molecule has 0 spiro atoms. The van der Waals surface area contributed by atoms with Crippen LogP contribution in [0.3, 0.4) is 0 Å². The van der Waals surface area contributed by atoms with Gasteiger partial charge in [0.15, 0.2) is 0 Å². The Morgan fingerprint density at radius 2 is 1.75 bits per heavy atom. The fourth-order valence-electron chi connectivity index (χ4n) is 2.35. The first kappa shape index (κ1) is 16.9. The van der Waals surface area contributed by atoms with Gasteiger partial charge in [-0.15, -0.1) is 0 Å². The third-order valence-electron chi connectivity index (χ3n) is 3.36. The standard InChI is InChI=1S/C15H21ClN2OS/c1-3-9-15(10-4-2,13(17)20)14(19)18-12-7-5-11(16)6-8-12/h5-8H,3-4,9-10H2,1-2H3,(H2,17,20)(H,18,19). The van der Waals surface area contributed by atoms with Crippen molar-refractivity contribution in [2.24, 2.45) is 11.1 Å². The van der Waals surface area contributed by atoms with Gasteiger partial charge in [-0.3, -0.25) is 4.79 Å². The average Bonchev–Trinajstić information content (AvgIpc) is 2.40. The SMILES string of the molecule is CCCC(CCC)(C(=O)Nc1ccc(Cl)cc1)C(N)=S. The van der Waals surface area contributed by atoms with Gasteiger partial charge in [0, 0.05) is 10.7 Å². The third kappa shape index (κ3) is 3.93. The van der Waals surface area contributed by atoms with Gasteiger partial charge in [-0.2, -0.15) is 0 Å². The predicted octanol–water partition coefficient (Wildman–Crippen LogP) is 4.15. The first-order chi connectivity index (χ1) is 9.46. The lowest BCUT2D eigenvalue weighted by atomic mass is 9.78. The molecule has 0 saturated heterocycles. The van der Waals surface area contributed by atoms with E-state index in [1.54, 1.807) is 24.3 Å². The molecule has 1 amide bonds. The lowest BCUT2D eigenvalue weighted by Gasteiger charge is -2.31. The summed E-state index contributed by atoms with van der Waals surface area (Å²) in [6, 6.07) is 7.00. The Labute approximate surface area is 130 Å². The molecule has 20 heavy (non-hydrogen) atoms. The molecule has 1 aromatic carbocycles. The summed E-state index contributed by atoms with van der Waals surface area (Å²) in [4.78, 5) is 12.9. The second kappa shape index (κ2) is 7.60. The Kier molecular flexibility index (Phi) is 6.43. The maximum Gasteiger partial charge on any atom is 0.237 e. The summed E-state index contributed by atoms with van der Waals surface area (Å²) >= 11 is 11.0. The van der Waals surface area contributed by atoms with Crippen molar-refractivity contribution in [3.63, 3.8) is 0 Å². The molecule has 0 unspecified atom stereocenters. The molecule has 0 saturated carbocycles. The van der Waals surface area contributed by atoms with Crippen LogP contribution in [0.5, 0.6) is 0 Å². The van der Waals surface area contributed by atoms with Crippen molar-refractivity contribution in [2.45, 2.75) is 39.5 Å². The number of rotatable bonds is 7. The minimum absolute atomic E-state index is 0.129. The molecule has 0 aliphatic carbocycles. The summed E-state index contributed by atoms with van der Waals surface area (Å²) in [6.45, 7) is 4.05. The minimum atomic E-state index is -0.765. The van der Waals surface area contributed by atoms with E-state index < -0.39 is 5.41 Å². The van der Waals surface area contributed by atoms with Crippen molar-refractivity contribution in [3.05, 3.63) is 29.3 Å². The largest absolute Gasteiger partial charge is 0.392 e. The summed E-state index contributed by atoms with van der Waals surface area (Å²) in [5.41, 5.74) is 5.81. The Balaban J connectivity index is 2.98. The van der Waals surface area contributed by atoms with Gasteiger partial charge < -0.3 is 11.1 Å². The van der Waals surface area contributed by atoms with Crippen LogP contribution in [-0.4, -0.2) is 10.9 Å². The van der Waals surface area contributed by atoms with Gasteiger partial charge in [0.05, 0.1) is 10.4 Å². The molecule has 3 nitrogen and oxygen atoms in total. The van der Waals surface area contributed by atoms with Gasteiger partial charge in [-0.1, -0.05) is 50.5 Å².